The van der Waals surface area contributed by atoms with Gasteiger partial charge in [-0.25, -0.2) is 0 Å². The molecule has 6 nitrogen and oxygen atoms in total. The third kappa shape index (κ3) is 5.10. The van der Waals surface area contributed by atoms with Crippen molar-refractivity contribution in [2.75, 3.05) is 12.4 Å². The zero-order valence-corrected chi connectivity index (χ0v) is 12.7. The molecule has 2 rings (SSSR count). The minimum atomic E-state index is -0.379. The van der Waals surface area contributed by atoms with Gasteiger partial charge in [0.25, 0.3) is 0 Å². The second-order valence-corrected chi connectivity index (χ2v) is 4.89. The Morgan fingerprint density at radius 1 is 1.09 bits per heavy atom. The van der Waals surface area contributed by atoms with E-state index in [9.17, 15) is 14.4 Å². The number of nitrogens with one attached hydrogen (secondary N) is 1. The van der Waals surface area contributed by atoms with Crippen molar-refractivity contribution in [2.24, 2.45) is 0 Å². The van der Waals surface area contributed by atoms with E-state index in [1.165, 1.54) is 12.3 Å². The van der Waals surface area contributed by atoms with E-state index in [1.54, 1.807) is 37.4 Å². The fourth-order valence-electron chi connectivity index (χ4n) is 1.94. The van der Waals surface area contributed by atoms with Crippen LogP contribution in [0.3, 0.4) is 0 Å². The molecule has 1 N–H and O–H groups in total. The van der Waals surface area contributed by atoms with Crippen molar-refractivity contribution in [3.05, 3.63) is 48.4 Å². The molecule has 1 heterocycles. The van der Waals surface area contributed by atoms with Crippen LogP contribution in [-0.4, -0.2) is 24.6 Å². The number of ketones is 2. The molecule has 0 aliphatic carbocycles. The zero-order valence-electron chi connectivity index (χ0n) is 12.7. The van der Waals surface area contributed by atoms with Gasteiger partial charge >= 0.3 is 0 Å². The summed E-state index contributed by atoms with van der Waals surface area (Å²) in [6, 6.07) is 9.95. The molecule has 0 saturated carbocycles. The SMILES string of the molecule is COc1ccc(NC(=O)CCC(=O)CC(=O)c2ccco2)cc1. The number of rotatable bonds is 8. The Kier molecular flexibility index (Phi) is 5.68. The molecule has 6 heteroatoms. The number of carbonyl (C=O) groups excluding carboxylic acids is 3. The fraction of sp³-hybridized carbons (Fsp3) is 0.235. The van der Waals surface area contributed by atoms with Crippen molar-refractivity contribution < 1.29 is 23.5 Å². The summed E-state index contributed by atoms with van der Waals surface area (Å²) in [5.74, 6) is -0.114. The molecule has 1 amide bonds. The first-order valence-corrected chi connectivity index (χ1v) is 7.11. The Hall–Kier alpha value is -2.89. The summed E-state index contributed by atoms with van der Waals surface area (Å²) in [5.41, 5.74) is 0.620. The van der Waals surface area contributed by atoms with Gasteiger partial charge in [0.2, 0.25) is 11.7 Å². The van der Waals surface area contributed by atoms with Crippen LogP contribution in [-0.2, 0) is 9.59 Å². The molecule has 2 aromatic rings. The lowest BCUT2D eigenvalue weighted by atomic mass is 10.1. The average molecular weight is 315 g/mol. The first kappa shape index (κ1) is 16.5. The van der Waals surface area contributed by atoms with E-state index in [4.69, 9.17) is 9.15 Å². The van der Waals surface area contributed by atoms with E-state index in [2.05, 4.69) is 5.32 Å². The van der Waals surface area contributed by atoms with Gasteiger partial charge in [-0.1, -0.05) is 0 Å². The molecule has 0 bridgehead atoms. The highest BCUT2D eigenvalue weighted by Gasteiger charge is 2.15. The molecule has 0 aliphatic heterocycles. The number of hydrogen-bond donors (Lipinski definition) is 1. The van der Waals surface area contributed by atoms with E-state index >= 15 is 0 Å². The Morgan fingerprint density at radius 2 is 1.83 bits per heavy atom. The van der Waals surface area contributed by atoms with Gasteiger partial charge in [0.05, 0.1) is 19.8 Å². The minimum absolute atomic E-state index is 0.00837. The second kappa shape index (κ2) is 7.93. The standard InChI is InChI=1S/C17H17NO5/c1-22-14-7-4-12(5-8-14)18-17(21)9-6-13(19)11-15(20)16-3-2-10-23-16/h2-5,7-8,10H,6,9,11H2,1H3,(H,18,21). The number of methoxy groups -OCH3 is 1. The topological polar surface area (TPSA) is 85.6 Å². The summed E-state index contributed by atoms with van der Waals surface area (Å²) in [6.07, 6.45) is 1.15. The maximum absolute atomic E-state index is 11.8. The number of benzene rings is 1. The zero-order chi connectivity index (χ0) is 16.7. The fourth-order valence-corrected chi connectivity index (χ4v) is 1.94. The van der Waals surface area contributed by atoms with Crippen LogP contribution in [0, 0.1) is 0 Å². The molecule has 0 spiro atoms. The van der Waals surface area contributed by atoms with Crippen molar-refractivity contribution in [3.63, 3.8) is 0 Å². The highest BCUT2D eigenvalue weighted by molar-refractivity contribution is 6.07. The maximum Gasteiger partial charge on any atom is 0.224 e. The second-order valence-electron chi connectivity index (χ2n) is 4.89. The van der Waals surface area contributed by atoms with Gasteiger partial charge in [-0.2, -0.15) is 0 Å². The summed E-state index contributed by atoms with van der Waals surface area (Å²) >= 11 is 0. The quantitative estimate of drug-likeness (QED) is 0.598. The molecule has 120 valence electrons. The molecular weight excluding hydrogens is 298 g/mol. The molecule has 0 radical (unpaired) electrons. The van der Waals surface area contributed by atoms with Crippen molar-refractivity contribution in [1.82, 2.24) is 0 Å². The molecule has 0 fully saturated rings. The number of hydrogen-bond acceptors (Lipinski definition) is 5. The lowest BCUT2D eigenvalue weighted by Gasteiger charge is -2.06. The van der Waals surface area contributed by atoms with Gasteiger partial charge in [-0.15, -0.1) is 0 Å². The normalized spacial score (nSPS) is 10.1. The molecule has 0 aliphatic rings. The Morgan fingerprint density at radius 3 is 2.43 bits per heavy atom. The van der Waals surface area contributed by atoms with Gasteiger partial charge < -0.3 is 14.5 Å². The van der Waals surface area contributed by atoms with Gasteiger partial charge in [-0.05, 0) is 36.4 Å². The lowest BCUT2D eigenvalue weighted by Crippen LogP contribution is -2.15. The van der Waals surface area contributed by atoms with Crippen LogP contribution in [0.15, 0.2) is 47.1 Å². The Balaban J connectivity index is 1.75. The third-order valence-electron chi connectivity index (χ3n) is 3.16. The van der Waals surface area contributed by atoms with Gasteiger partial charge in [0.15, 0.2) is 5.76 Å². The number of anilines is 1. The molecule has 23 heavy (non-hydrogen) atoms. The highest BCUT2D eigenvalue weighted by atomic mass is 16.5. The first-order chi connectivity index (χ1) is 11.1. The van der Waals surface area contributed by atoms with E-state index in [-0.39, 0.29) is 42.5 Å². The van der Waals surface area contributed by atoms with Crippen LogP contribution in [0.5, 0.6) is 5.75 Å². The Labute approximate surface area is 133 Å². The third-order valence-corrected chi connectivity index (χ3v) is 3.16. The van der Waals surface area contributed by atoms with Crippen molar-refractivity contribution >= 4 is 23.2 Å². The largest absolute Gasteiger partial charge is 0.497 e. The Bertz CT molecular complexity index is 674. The predicted octanol–water partition coefficient (Wildman–Crippen LogP) is 2.85. The van der Waals surface area contributed by atoms with Gasteiger partial charge in [0.1, 0.15) is 11.5 Å². The molecule has 1 aromatic carbocycles. The van der Waals surface area contributed by atoms with Crippen LogP contribution in [0.1, 0.15) is 29.8 Å². The lowest BCUT2D eigenvalue weighted by molar-refractivity contribution is -0.122. The highest BCUT2D eigenvalue weighted by Crippen LogP contribution is 2.15. The van der Waals surface area contributed by atoms with Crippen molar-refractivity contribution in [1.29, 1.82) is 0 Å². The average Bonchev–Trinajstić information content (AvgIpc) is 3.08. The van der Waals surface area contributed by atoms with Gasteiger partial charge in [0, 0.05) is 18.5 Å². The summed E-state index contributed by atoms with van der Waals surface area (Å²) < 4.78 is 9.95. The molecular formula is C17H17NO5. The van der Waals surface area contributed by atoms with Gasteiger partial charge in [-0.3, -0.25) is 14.4 Å². The molecule has 0 saturated heterocycles. The number of furan rings is 1. The first-order valence-electron chi connectivity index (χ1n) is 7.11. The number of Topliss-reactive ketones (excluding diaryl/α,β-unsaturated/α-hetero) is 2. The van der Waals surface area contributed by atoms with E-state index in [0.29, 0.717) is 11.4 Å². The monoisotopic (exact) mass is 315 g/mol. The minimum Gasteiger partial charge on any atom is -0.497 e. The van der Waals surface area contributed by atoms with Crippen LogP contribution < -0.4 is 10.1 Å². The maximum atomic E-state index is 11.8. The number of ether oxygens (including phenoxy) is 1. The number of carbonyl (C=O) groups is 3. The predicted molar refractivity (Wildman–Crippen MR) is 83.5 cm³/mol. The van der Waals surface area contributed by atoms with Crippen LogP contribution in [0.4, 0.5) is 5.69 Å². The summed E-state index contributed by atoms with van der Waals surface area (Å²) in [7, 11) is 1.56. The smallest absolute Gasteiger partial charge is 0.224 e. The van der Waals surface area contributed by atoms with Crippen molar-refractivity contribution in [2.45, 2.75) is 19.3 Å². The van der Waals surface area contributed by atoms with E-state index in [0.717, 1.165) is 0 Å². The molecule has 0 atom stereocenters. The summed E-state index contributed by atoms with van der Waals surface area (Å²) in [5, 5.41) is 2.68. The van der Waals surface area contributed by atoms with Crippen LogP contribution in [0.2, 0.25) is 0 Å². The summed E-state index contributed by atoms with van der Waals surface area (Å²) in [6.45, 7) is 0. The van der Waals surface area contributed by atoms with Crippen LogP contribution in [0.25, 0.3) is 0 Å². The molecule has 1 aromatic heterocycles. The summed E-state index contributed by atoms with van der Waals surface area (Å²) in [4.78, 5) is 35.2. The van der Waals surface area contributed by atoms with E-state index < -0.39 is 0 Å². The van der Waals surface area contributed by atoms with Crippen LogP contribution >= 0.6 is 0 Å². The van der Waals surface area contributed by atoms with E-state index in [1.807, 2.05) is 0 Å². The van der Waals surface area contributed by atoms with Crippen molar-refractivity contribution in [3.8, 4) is 5.75 Å². The number of amides is 1. The molecule has 0 unspecified atom stereocenters.